The van der Waals surface area contributed by atoms with Crippen LogP contribution in [0.1, 0.15) is 26.7 Å². The third kappa shape index (κ3) is 4.94. The highest BCUT2D eigenvalue weighted by atomic mass is 35.5. The lowest BCUT2D eigenvalue weighted by Gasteiger charge is -2.11. The van der Waals surface area contributed by atoms with Crippen molar-refractivity contribution in [2.75, 3.05) is 17.7 Å². The summed E-state index contributed by atoms with van der Waals surface area (Å²) in [4.78, 5) is 11.6. The molecule has 0 aliphatic heterocycles. The lowest BCUT2D eigenvalue weighted by Crippen LogP contribution is -2.16. The number of nitrogen functional groups attached to an aromatic ring is 1. The number of benzene rings is 1. The zero-order valence-electron chi connectivity index (χ0n) is 10.7. The minimum absolute atomic E-state index is 0.120. The van der Waals surface area contributed by atoms with Crippen LogP contribution < -0.4 is 11.1 Å². The highest BCUT2D eigenvalue weighted by Gasteiger charge is 2.07. The number of rotatable bonds is 6. The van der Waals surface area contributed by atoms with Gasteiger partial charge in [0.15, 0.2) is 0 Å². The molecule has 1 aromatic carbocycles. The summed E-state index contributed by atoms with van der Waals surface area (Å²) in [7, 11) is 0. The number of halogens is 1. The molecule has 0 spiro atoms. The predicted molar refractivity (Wildman–Crippen MR) is 74.8 cm³/mol. The summed E-state index contributed by atoms with van der Waals surface area (Å²) in [6, 6.07) is 4.98. The summed E-state index contributed by atoms with van der Waals surface area (Å²) >= 11 is 5.95. The van der Waals surface area contributed by atoms with Crippen LogP contribution in [-0.2, 0) is 9.53 Å². The maximum Gasteiger partial charge on any atom is 0.226 e. The van der Waals surface area contributed by atoms with Gasteiger partial charge in [-0.25, -0.2) is 0 Å². The summed E-state index contributed by atoms with van der Waals surface area (Å²) in [5.74, 6) is -0.120. The van der Waals surface area contributed by atoms with Crippen molar-refractivity contribution in [2.45, 2.75) is 32.8 Å². The molecular weight excluding hydrogens is 252 g/mol. The van der Waals surface area contributed by atoms with Gasteiger partial charge in [-0.05, 0) is 31.5 Å². The molecular formula is C13H19ClN2O2. The molecule has 100 valence electrons. The van der Waals surface area contributed by atoms with Gasteiger partial charge in [-0.2, -0.15) is 0 Å². The van der Waals surface area contributed by atoms with Crippen LogP contribution in [0.25, 0.3) is 0 Å². The van der Waals surface area contributed by atoms with Crippen molar-refractivity contribution in [1.29, 1.82) is 0 Å². The van der Waals surface area contributed by atoms with Crippen LogP contribution in [0.15, 0.2) is 18.2 Å². The lowest BCUT2D eigenvalue weighted by atomic mass is 10.2. The largest absolute Gasteiger partial charge is 0.399 e. The Hall–Kier alpha value is -1.26. The average molecular weight is 271 g/mol. The first-order chi connectivity index (χ1) is 8.52. The first-order valence-corrected chi connectivity index (χ1v) is 6.37. The number of carbonyl (C=O) groups excluding carboxylic acids is 1. The quantitative estimate of drug-likeness (QED) is 0.781. The normalized spacial score (nSPS) is 12.2. The Kier molecular flexibility index (Phi) is 5.95. The molecule has 0 aliphatic rings. The topological polar surface area (TPSA) is 64.3 Å². The first-order valence-electron chi connectivity index (χ1n) is 5.99. The molecule has 0 fully saturated rings. The molecule has 18 heavy (non-hydrogen) atoms. The van der Waals surface area contributed by atoms with Crippen molar-refractivity contribution >= 4 is 28.9 Å². The molecule has 0 bridgehead atoms. The van der Waals surface area contributed by atoms with Gasteiger partial charge in [-0.15, -0.1) is 0 Å². The van der Waals surface area contributed by atoms with E-state index < -0.39 is 0 Å². The monoisotopic (exact) mass is 270 g/mol. The van der Waals surface area contributed by atoms with E-state index in [-0.39, 0.29) is 12.0 Å². The fraction of sp³-hybridized carbons (Fsp3) is 0.462. The van der Waals surface area contributed by atoms with Crippen molar-refractivity contribution in [3.8, 4) is 0 Å². The Balaban J connectivity index is 2.40. The van der Waals surface area contributed by atoms with Crippen molar-refractivity contribution in [3.05, 3.63) is 23.2 Å². The minimum atomic E-state index is -0.120. The van der Waals surface area contributed by atoms with E-state index in [4.69, 9.17) is 22.1 Å². The number of anilines is 2. The van der Waals surface area contributed by atoms with Gasteiger partial charge in [0.05, 0.1) is 29.8 Å². The van der Waals surface area contributed by atoms with Crippen molar-refractivity contribution in [1.82, 2.24) is 0 Å². The van der Waals surface area contributed by atoms with E-state index in [0.29, 0.717) is 29.4 Å². The van der Waals surface area contributed by atoms with Gasteiger partial charge in [0.1, 0.15) is 0 Å². The second kappa shape index (κ2) is 7.24. The molecule has 0 aromatic heterocycles. The highest BCUT2D eigenvalue weighted by Crippen LogP contribution is 2.24. The molecule has 1 unspecified atom stereocenters. The van der Waals surface area contributed by atoms with Crippen LogP contribution in [0.2, 0.25) is 5.02 Å². The molecule has 0 radical (unpaired) electrons. The minimum Gasteiger partial charge on any atom is -0.399 e. The molecule has 1 rings (SSSR count). The summed E-state index contributed by atoms with van der Waals surface area (Å²) in [6.45, 7) is 4.43. The summed E-state index contributed by atoms with van der Waals surface area (Å²) < 4.78 is 5.44. The lowest BCUT2D eigenvalue weighted by molar-refractivity contribution is -0.117. The maximum absolute atomic E-state index is 11.6. The third-order valence-electron chi connectivity index (χ3n) is 2.57. The van der Waals surface area contributed by atoms with Gasteiger partial charge in [0.25, 0.3) is 0 Å². The SMILES string of the molecule is CCC(C)OCCC(=O)Nc1ccc(N)cc1Cl. The highest BCUT2D eigenvalue weighted by molar-refractivity contribution is 6.34. The van der Waals surface area contributed by atoms with Gasteiger partial charge in [0, 0.05) is 5.69 Å². The average Bonchev–Trinajstić information content (AvgIpc) is 2.32. The predicted octanol–water partition coefficient (Wildman–Crippen LogP) is 3.07. The van der Waals surface area contributed by atoms with Gasteiger partial charge in [-0.3, -0.25) is 4.79 Å². The van der Waals surface area contributed by atoms with E-state index in [9.17, 15) is 4.79 Å². The van der Waals surface area contributed by atoms with Gasteiger partial charge < -0.3 is 15.8 Å². The molecule has 0 saturated carbocycles. The first kappa shape index (κ1) is 14.8. The number of nitrogens with one attached hydrogen (secondary N) is 1. The number of nitrogens with two attached hydrogens (primary N) is 1. The summed E-state index contributed by atoms with van der Waals surface area (Å²) in [5, 5.41) is 3.16. The van der Waals surface area contributed by atoms with E-state index in [2.05, 4.69) is 5.32 Å². The van der Waals surface area contributed by atoms with Gasteiger partial charge in [0.2, 0.25) is 5.91 Å². The van der Waals surface area contributed by atoms with Gasteiger partial charge in [-0.1, -0.05) is 18.5 Å². The van der Waals surface area contributed by atoms with Crippen LogP contribution in [0.3, 0.4) is 0 Å². The molecule has 1 aromatic rings. The third-order valence-corrected chi connectivity index (χ3v) is 2.89. The van der Waals surface area contributed by atoms with Crippen LogP contribution in [0.4, 0.5) is 11.4 Å². The molecule has 1 amide bonds. The Morgan fingerprint density at radius 2 is 2.28 bits per heavy atom. The Morgan fingerprint density at radius 1 is 1.56 bits per heavy atom. The molecule has 0 heterocycles. The van der Waals surface area contributed by atoms with Crippen LogP contribution in [0.5, 0.6) is 0 Å². The molecule has 5 heteroatoms. The fourth-order valence-electron chi connectivity index (χ4n) is 1.32. The summed E-state index contributed by atoms with van der Waals surface area (Å²) in [6.07, 6.45) is 1.43. The van der Waals surface area contributed by atoms with Crippen molar-refractivity contribution in [2.24, 2.45) is 0 Å². The molecule has 0 aliphatic carbocycles. The van der Waals surface area contributed by atoms with E-state index in [1.165, 1.54) is 0 Å². The number of hydrogen-bond acceptors (Lipinski definition) is 3. The van der Waals surface area contributed by atoms with Crippen LogP contribution in [0, 0.1) is 0 Å². The fourth-order valence-corrected chi connectivity index (χ4v) is 1.55. The number of carbonyl (C=O) groups is 1. The van der Waals surface area contributed by atoms with E-state index in [1.807, 2.05) is 13.8 Å². The van der Waals surface area contributed by atoms with Crippen molar-refractivity contribution < 1.29 is 9.53 Å². The second-order valence-corrected chi connectivity index (χ2v) is 4.53. The van der Waals surface area contributed by atoms with E-state index in [1.54, 1.807) is 18.2 Å². The Morgan fingerprint density at radius 3 is 2.89 bits per heavy atom. The van der Waals surface area contributed by atoms with Crippen LogP contribution >= 0.6 is 11.6 Å². The standard InChI is InChI=1S/C13H19ClN2O2/c1-3-9(2)18-7-6-13(17)16-12-5-4-10(15)8-11(12)14/h4-5,8-9H,3,6-7,15H2,1-2H3,(H,16,17). The Bertz CT molecular complexity index is 410. The van der Waals surface area contributed by atoms with E-state index in [0.717, 1.165) is 6.42 Å². The molecule has 3 N–H and O–H groups in total. The van der Waals surface area contributed by atoms with Crippen LogP contribution in [-0.4, -0.2) is 18.6 Å². The zero-order valence-corrected chi connectivity index (χ0v) is 11.5. The maximum atomic E-state index is 11.6. The second-order valence-electron chi connectivity index (χ2n) is 4.13. The molecule has 0 saturated heterocycles. The smallest absolute Gasteiger partial charge is 0.226 e. The zero-order chi connectivity index (χ0) is 13.5. The van der Waals surface area contributed by atoms with E-state index >= 15 is 0 Å². The Labute approximate surface area is 112 Å². The van der Waals surface area contributed by atoms with Crippen molar-refractivity contribution in [3.63, 3.8) is 0 Å². The number of hydrogen-bond donors (Lipinski definition) is 2. The number of ether oxygens (including phenoxy) is 1. The molecule has 4 nitrogen and oxygen atoms in total. The van der Waals surface area contributed by atoms with Gasteiger partial charge >= 0.3 is 0 Å². The number of amides is 1. The molecule has 1 atom stereocenters. The summed E-state index contributed by atoms with van der Waals surface area (Å²) in [5.41, 5.74) is 6.71.